The molecule has 1 N–H and O–H groups in total. The molecule has 1 aromatic carbocycles. The first kappa shape index (κ1) is 13.8. The summed E-state index contributed by atoms with van der Waals surface area (Å²) < 4.78 is 5.54. The van der Waals surface area contributed by atoms with Crippen molar-refractivity contribution in [3.63, 3.8) is 0 Å². The number of Topliss-reactive ketones (excluding diaryl/α,β-unsaturated/α-hetero) is 1. The molecule has 0 aromatic heterocycles. The first-order chi connectivity index (χ1) is 10.5. The monoisotopic (exact) mass is 299 g/mol. The molecule has 1 heterocycles. The molecule has 3 atom stereocenters. The van der Waals surface area contributed by atoms with E-state index in [9.17, 15) is 9.59 Å². The van der Waals surface area contributed by atoms with E-state index in [0.29, 0.717) is 13.0 Å². The topological polar surface area (TPSA) is 55.4 Å². The maximum atomic E-state index is 12.5. The Kier molecular flexibility index (Phi) is 2.72. The maximum Gasteiger partial charge on any atom is 0.233 e. The van der Waals surface area contributed by atoms with E-state index < -0.39 is 5.41 Å². The van der Waals surface area contributed by atoms with Gasteiger partial charge in [0.2, 0.25) is 5.91 Å². The van der Waals surface area contributed by atoms with E-state index in [1.165, 1.54) is 11.1 Å². The van der Waals surface area contributed by atoms with E-state index >= 15 is 0 Å². The van der Waals surface area contributed by atoms with Crippen LogP contribution in [0.25, 0.3) is 0 Å². The zero-order chi connectivity index (χ0) is 15.5. The van der Waals surface area contributed by atoms with E-state index in [1.54, 1.807) is 7.11 Å². The summed E-state index contributed by atoms with van der Waals surface area (Å²) in [4.78, 5) is 25.0. The third-order valence-corrected chi connectivity index (χ3v) is 6.35. The Labute approximate surface area is 130 Å². The van der Waals surface area contributed by atoms with E-state index in [2.05, 4.69) is 11.4 Å². The first-order valence-corrected chi connectivity index (χ1v) is 8.02. The van der Waals surface area contributed by atoms with Crippen LogP contribution in [0.5, 0.6) is 5.75 Å². The van der Waals surface area contributed by atoms with Gasteiger partial charge in [-0.1, -0.05) is 12.1 Å². The predicted molar refractivity (Wildman–Crippen MR) is 81.8 cm³/mol. The number of benzene rings is 1. The first-order valence-electron chi connectivity index (χ1n) is 8.02. The largest absolute Gasteiger partial charge is 0.496 e. The summed E-state index contributed by atoms with van der Waals surface area (Å²) in [5, 5.41) is 3.02. The second-order valence-corrected chi connectivity index (χ2v) is 7.04. The lowest BCUT2D eigenvalue weighted by Gasteiger charge is -2.58. The zero-order valence-electron chi connectivity index (χ0n) is 13.1. The fourth-order valence-electron chi connectivity index (χ4n) is 5.19. The van der Waals surface area contributed by atoms with Gasteiger partial charge in [0.05, 0.1) is 7.11 Å². The standard InChI is InChI=1S/C18H21NO3/c1-17-14-7-6-11-12(4-3-5-13(11)22-2)18(14,9-8-15(17)20)10-19-16(17)21/h3-5,14H,6-10H2,1-2H3,(H,19,21). The Morgan fingerprint density at radius 1 is 1.27 bits per heavy atom. The summed E-state index contributed by atoms with van der Waals surface area (Å²) in [6, 6.07) is 6.20. The smallest absolute Gasteiger partial charge is 0.233 e. The number of hydrogen-bond acceptors (Lipinski definition) is 3. The highest BCUT2D eigenvalue weighted by atomic mass is 16.5. The average molecular weight is 299 g/mol. The lowest BCUT2D eigenvalue weighted by atomic mass is 9.46. The van der Waals surface area contributed by atoms with Crippen molar-refractivity contribution in [2.24, 2.45) is 11.3 Å². The van der Waals surface area contributed by atoms with Crippen molar-refractivity contribution in [3.8, 4) is 5.75 Å². The molecule has 3 aliphatic rings. The minimum atomic E-state index is -0.864. The molecule has 1 amide bonds. The third-order valence-electron chi connectivity index (χ3n) is 6.35. The maximum absolute atomic E-state index is 12.5. The van der Waals surface area contributed by atoms with Crippen LogP contribution in [0.1, 0.15) is 37.3 Å². The molecule has 0 spiro atoms. The van der Waals surface area contributed by atoms with Crippen molar-refractivity contribution in [2.75, 3.05) is 13.7 Å². The van der Waals surface area contributed by atoms with Gasteiger partial charge in [0.15, 0.2) is 0 Å². The number of carbonyl (C=O) groups is 2. The van der Waals surface area contributed by atoms with Crippen LogP contribution in [0.15, 0.2) is 18.2 Å². The number of amides is 1. The quantitative estimate of drug-likeness (QED) is 0.807. The highest BCUT2D eigenvalue weighted by Gasteiger charge is 2.63. The molecule has 2 fully saturated rings. The molecular formula is C18H21NO3. The van der Waals surface area contributed by atoms with Crippen LogP contribution < -0.4 is 10.1 Å². The van der Waals surface area contributed by atoms with Gasteiger partial charge < -0.3 is 10.1 Å². The second-order valence-electron chi connectivity index (χ2n) is 7.04. The number of carbonyl (C=O) groups excluding carboxylic acids is 2. The Morgan fingerprint density at radius 3 is 2.86 bits per heavy atom. The van der Waals surface area contributed by atoms with Crippen LogP contribution in [0.4, 0.5) is 0 Å². The molecule has 4 rings (SSSR count). The van der Waals surface area contributed by atoms with Gasteiger partial charge in [0.25, 0.3) is 0 Å². The number of nitrogens with one attached hydrogen (secondary N) is 1. The van der Waals surface area contributed by atoms with Crippen LogP contribution in [0.2, 0.25) is 0 Å². The summed E-state index contributed by atoms with van der Waals surface area (Å²) in [6.45, 7) is 2.49. The zero-order valence-corrected chi connectivity index (χ0v) is 13.1. The van der Waals surface area contributed by atoms with Crippen molar-refractivity contribution >= 4 is 11.7 Å². The molecule has 1 saturated heterocycles. The molecule has 3 unspecified atom stereocenters. The van der Waals surface area contributed by atoms with Gasteiger partial charge in [-0.25, -0.2) is 0 Å². The third kappa shape index (κ3) is 1.43. The van der Waals surface area contributed by atoms with Crippen LogP contribution in [-0.2, 0) is 21.4 Å². The summed E-state index contributed by atoms with van der Waals surface area (Å²) in [7, 11) is 1.70. The number of fused-ring (bicyclic) bond motifs is 1. The van der Waals surface area contributed by atoms with Crippen molar-refractivity contribution < 1.29 is 14.3 Å². The Morgan fingerprint density at radius 2 is 2.09 bits per heavy atom. The van der Waals surface area contributed by atoms with Gasteiger partial charge in [-0.2, -0.15) is 0 Å². The fraction of sp³-hybridized carbons (Fsp3) is 0.556. The summed E-state index contributed by atoms with van der Waals surface area (Å²) >= 11 is 0. The number of methoxy groups -OCH3 is 1. The molecule has 1 aromatic rings. The van der Waals surface area contributed by atoms with Gasteiger partial charge >= 0.3 is 0 Å². The molecule has 116 valence electrons. The van der Waals surface area contributed by atoms with Gasteiger partial charge in [-0.05, 0) is 49.3 Å². The molecule has 2 aliphatic carbocycles. The van der Waals surface area contributed by atoms with E-state index in [-0.39, 0.29) is 23.0 Å². The molecule has 4 heteroatoms. The minimum absolute atomic E-state index is 0.0795. The number of rotatable bonds is 1. The molecule has 0 radical (unpaired) electrons. The summed E-state index contributed by atoms with van der Waals surface area (Å²) in [5.41, 5.74) is 1.56. The van der Waals surface area contributed by atoms with Crippen molar-refractivity contribution in [1.82, 2.24) is 5.32 Å². The lowest BCUT2D eigenvalue weighted by molar-refractivity contribution is -0.157. The average Bonchev–Trinajstić information content (AvgIpc) is 2.54. The predicted octanol–water partition coefficient (Wildman–Crippen LogP) is 1.99. The van der Waals surface area contributed by atoms with E-state index in [4.69, 9.17) is 4.74 Å². The normalized spacial score (nSPS) is 36.2. The summed E-state index contributed by atoms with van der Waals surface area (Å²) in [5.74, 6) is 1.07. The van der Waals surface area contributed by atoms with E-state index in [1.807, 2.05) is 19.1 Å². The highest BCUT2D eigenvalue weighted by Crippen LogP contribution is 2.58. The number of ether oxygens (including phenoxy) is 1. The number of piperidine rings is 1. The van der Waals surface area contributed by atoms with E-state index in [0.717, 1.165) is 25.0 Å². The molecule has 22 heavy (non-hydrogen) atoms. The Balaban J connectivity index is 1.93. The van der Waals surface area contributed by atoms with Crippen LogP contribution in [-0.4, -0.2) is 25.3 Å². The minimum Gasteiger partial charge on any atom is -0.496 e. The van der Waals surface area contributed by atoms with Gasteiger partial charge in [0, 0.05) is 18.4 Å². The van der Waals surface area contributed by atoms with Crippen molar-refractivity contribution in [3.05, 3.63) is 29.3 Å². The fourth-order valence-corrected chi connectivity index (χ4v) is 5.19. The Bertz CT molecular complexity index is 659. The highest BCUT2D eigenvalue weighted by molar-refractivity contribution is 6.07. The summed E-state index contributed by atoms with van der Waals surface area (Å²) in [6.07, 6.45) is 3.08. The Hall–Kier alpha value is -1.84. The SMILES string of the molecule is COc1cccc2c1CCC1C3(C)C(=O)CCC21CNC3=O. The molecular weight excluding hydrogens is 278 g/mol. The number of ketones is 1. The molecule has 1 saturated carbocycles. The molecule has 1 aliphatic heterocycles. The molecule has 2 bridgehead atoms. The molecule has 4 nitrogen and oxygen atoms in total. The van der Waals surface area contributed by atoms with Crippen LogP contribution in [0.3, 0.4) is 0 Å². The van der Waals surface area contributed by atoms with Crippen molar-refractivity contribution in [1.29, 1.82) is 0 Å². The van der Waals surface area contributed by atoms with Gasteiger partial charge in [0.1, 0.15) is 16.9 Å². The van der Waals surface area contributed by atoms with Crippen LogP contribution >= 0.6 is 0 Å². The van der Waals surface area contributed by atoms with Crippen molar-refractivity contribution in [2.45, 2.75) is 38.0 Å². The van der Waals surface area contributed by atoms with Crippen LogP contribution in [0, 0.1) is 11.3 Å². The van der Waals surface area contributed by atoms with Gasteiger partial charge in [-0.15, -0.1) is 0 Å². The second kappa shape index (κ2) is 4.34. The number of hydrogen-bond donors (Lipinski definition) is 1. The van der Waals surface area contributed by atoms with Gasteiger partial charge in [-0.3, -0.25) is 9.59 Å². The lowest BCUT2D eigenvalue weighted by Crippen LogP contribution is -2.68.